The molecule has 0 saturated heterocycles. The molecule has 1 unspecified atom stereocenters. The van der Waals surface area contributed by atoms with Crippen molar-refractivity contribution in [1.29, 1.82) is 0 Å². The highest BCUT2D eigenvalue weighted by Crippen LogP contribution is 2.37. The van der Waals surface area contributed by atoms with Crippen LogP contribution in [0.15, 0.2) is 18.2 Å². The van der Waals surface area contributed by atoms with E-state index in [-0.39, 0.29) is 0 Å². The molecule has 1 atom stereocenters. The molecule has 0 amide bonds. The minimum atomic E-state index is 0.357. The number of hydrogen-bond donors (Lipinski definition) is 0. The fourth-order valence-corrected chi connectivity index (χ4v) is 2.27. The summed E-state index contributed by atoms with van der Waals surface area (Å²) in [4.78, 5) is 0. The topological polar surface area (TPSA) is 0 Å². The second-order valence-electron chi connectivity index (χ2n) is 4.49. The predicted octanol–water partition coefficient (Wildman–Crippen LogP) is 3.86. The summed E-state index contributed by atoms with van der Waals surface area (Å²) in [6, 6.07) is 6.63. The van der Waals surface area contributed by atoms with E-state index in [1.54, 1.807) is 0 Å². The summed E-state index contributed by atoms with van der Waals surface area (Å²) in [6.45, 7) is 4.31. The largest absolute Gasteiger partial charge is 0.122 e. The van der Waals surface area contributed by atoms with Gasteiger partial charge in [-0.2, -0.15) is 0 Å². The van der Waals surface area contributed by atoms with Crippen molar-refractivity contribution in [1.82, 2.24) is 0 Å². The molecule has 2 rings (SSSR count). The molecule has 1 saturated carbocycles. The Kier molecular flexibility index (Phi) is 2.83. The molecule has 76 valence electrons. The molecule has 1 aromatic rings. The van der Waals surface area contributed by atoms with Crippen molar-refractivity contribution in [3.63, 3.8) is 0 Å². The molecule has 0 radical (unpaired) electrons. The lowest BCUT2D eigenvalue weighted by Gasteiger charge is -2.11. The van der Waals surface area contributed by atoms with E-state index in [1.165, 1.54) is 29.5 Å². The number of halogens is 1. The molecule has 1 aliphatic carbocycles. The first-order valence-corrected chi connectivity index (χ1v) is 5.80. The summed E-state index contributed by atoms with van der Waals surface area (Å²) in [7, 11) is 0. The van der Waals surface area contributed by atoms with E-state index in [1.807, 2.05) is 0 Å². The summed E-state index contributed by atoms with van der Waals surface area (Å²) in [5.74, 6) is 0.788. The zero-order valence-electron chi connectivity index (χ0n) is 8.89. The number of rotatable bonds is 3. The van der Waals surface area contributed by atoms with Gasteiger partial charge in [-0.15, -0.1) is 11.6 Å². The number of alkyl halides is 1. The smallest absolute Gasteiger partial charge is 0.0404 e. The van der Waals surface area contributed by atoms with E-state index in [9.17, 15) is 0 Å². The third kappa shape index (κ3) is 2.30. The van der Waals surface area contributed by atoms with Crippen LogP contribution in [-0.2, 0) is 6.42 Å². The van der Waals surface area contributed by atoms with Gasteiger partial charge < -0.3 is 0 Å². The lowest BCUT2D eigenvalue weighted by Crippen LogP contribution is -2.07. The molecule has 0 bridgehead atoms. The first-order valence-electron chi connectivity index (χ1n) is 5.37. The zero-order valence-corrected chi connectivity index (χ0v) is 9.64. The second-order valence-corrected chi connectivity index (χ2v) is 5.05. The molecule has 0 aromatic heterocycles. The van der Waals surface area contributed by atoms with Crippen LogP contribution in [0.1, 0.15) is 29.5 Å². The first kappa shape index (κ1) is 10.0. The quantitative estimate of drug-likeness (QED) is 0.662. The maximum Gasteiger partial charge on any atom is 0.0404 e. The molecule has 1 aromatic carbocycles. The lowest BCUT2D eigenvalue weighted by atomic mass is 10.00. The molecular formula is C13H17Cl. The lowest BCUT2D eigenvalue weighted by molar-refractivity contribution is 0.734. The molecular weight excluding hydrogens is 192 g/mol. The van der Waals surface area contributed by atoms with Gasteiger partial charge >= 0.3 is 0 Å². The molecule has 14 heavy (non-hydrogen) atoms. The van der Waals surface area contributed by atoms with E-state index in [2.05, 4.69) is 32.0 Å². The standard InChI is InChI=1S/C13H17Cl/c1-9-3-4-10(2)12(7-9)8-13(14)11-5-6-11/h3-4,7,11,13H,5-6,8H2,1-2H3. The van der Waals surface area contributed by atoms with Crippen LogP contribution in [0.5, 0.6) is 0 Å². The Balaban J connectivity index is 2.10. The average molecular weight is 209 g/mol. The van der Waals surface area contributed by atoms with Crippen molar-refractivity contribution in [2.75, 3.05) is 0 Å². The Morgan fingerprint density at radius 2 is 2.07 bits per heavy atom. The SMILES string of the molecule is Cc1ccc(C)c(CC(Cl)C2CC2)c1. The van der Waals surface area contributed by atoms with Gasteiger partial charge in [-0.3, -0.25) is 0 Å². The van der Waals surface area contributed by atoms with Gasteiger partial charge in [0.05, 0.1) is 0 Å². The maximum absolute atomic E-state index is 6.34. The van der Waals surface area contributed by atoms with Crippen LogP contribution in [0.2, 0.25) is 0 Å². The van der Waals surface area contributed by atoms with Crippen molar-refractivity contribution in [3.8, 4) is 0 Å². The third-order valence-corrected chi connectivity index (χ3v) is 3.56. The molecule has 0 aliphatic heterocycles. The minimum Gasteiger partial charge on any atom is -0.122 e. The highest BCUT2D eigenvalue weighted by Gasteiger charge is 2.29. The van der Waals surface area contributed by atoms with Gasteiger partial charge in [-0.25, -0.2) is 0 Å². The van der Waals surface area contributed by atoms with Crippen LogP contribution in [0.3, 0.4) is 0 Å². The van der Waals surface area contributed by atoms with Crippen LogP contribution < -0.4 is 0 Å². The maximum atomic E-state index is 6.34. The highest BCUT2D eigenvalue weighted by atomic mass is 35.5. The summed E-state index contributed by atoms with van der Waals surface area (Å²) in [5.41, 5.74) is 4.14. The first-order chi connectivity index (χ1) is 6.66. The number of hydrogen-bond acceptors (Lipinski definition) is 0. The summed E-state index contributed by atoms with van der Waals surface area (Å²) < 4.78 is 0. The van der Waals surface area contributed by atoms with Crippen molar-refractivity contribution >= 4 is 11.6 Å². The van der Waals surface area contributed by atoms with Crippen LogP contribution in [-0.4, -0.2) is 5.38 Å². The summed E-state index contributed by atoms with van der Waals surface area (Å²) in [5, 5.41) is 0.357. The van der Waals surface area contributed by atoms with E-state index >= 15 is 0 Å². The average Bonchev–Trinajstić information content (AvgIpc) is 2.94. The van der Waals surface area contributed by atoms with Crippen LogP contribution in [0.4, 0.5) is 0 Å². The Bertz CT molecular complexity index is 326. The zero-order chi connectivity index (χ0) is 10.1. The summed E-state index contributed by atoms with van der Waals surface area (Å²) >= 11 is 6.34. The van der Waals surface area contributed by atoms with E-state index in [0.717, 1.165) is 12.3 Å². The van der Waals surface area contributed by atoms with Crippen molar-refractivity contribution in [3.05, 3.63) is 34.9 Å². The van der Waals surface area contributed by atoms with Crippen LogP contribution in [0, 0.1) is 19.8 Å². The normalized spacial score (nSPS) is 18.2. The van der Waals surface area contributed by atoms with Gasteiger partial charge in [0.1, 0.15) is 0 Å². The Morgan fingerprint density at radius 3 is 2.71 bits per heavy atom. The summed E-state index contributed by atoms with van der Waals surface area (Å²) in [6.07, 6.45) is 3.71. The Morgan fingerprint density at radius 1 is 1.36 bits per heavy atom. The predicted molar refractivity (Wildman–Crippen MR) is 62.0 cm³/mol. The number of aryl methyl sites for hydroxylation is 2. The minimum absolute atomic E-state index is 0.357. The second kappa shape index (κ2) is 3.94. The fourth-order valence-electron chi connectivity index (χ4n) is 1.85. The molecule has 0 heterocycles. The van der Waals surface area contributed by atoms with E-state index in [0.29, 0.717) is 5.38 Å². The molecule has 0 nitrogen and oxygen atoms in total. The molecule has 1 heteroatoms. The number of benzene rings is 1. The van der Waals surface area contributed by atoms with Gasteiger partial charge in [0, 0.05) is 5.38 Å². The van der Waals surface area contributed by atoms with E-state index < -0.39 is 0 Å². The van der Waals surface area contributed by atoms with Gasteiger partial charge in [0.2, 0.25) is 0 Å². The van der Waals surface area contributed by atoms with Crippen molar-refractivity contribution in [2.45, 2.75) is 38.5 Å². The van der Waals surface area contributed by atoms with Crippen LogP contribution >= 0.6 is 11.6 Å². The Hall–Kier alpha value is -0.490. The molecule has 1 fully saturated rings. The monoisotopic (exact) mass is 208 g/mol. The van der Waals surface area contributed by atoms with Gasteiger partial charge in [0.15, 0.2) is 0 Å². The molecule has 0 spiro atoms. The third-order valence-electron chi connectivity index (χ3n) is 3.05. The molecule has 1 aliphatic rings. The van der Waals surface area contributed by atoms with Gasteiger partial charge in [-0.05, 0) is 50.2 Å². The van der Waals surface area contributed by atoms with Crippen molar-refractivity contribution < 1.29 is 0 Å². The fraction of sp³-hybridized carbons (Fsp3) is 0.538. The molecule has 0 N–H and O–H groups in total. The van der Waals surface area contributed by atoms with E-state index in [4.69, 9.17) is 11.6 Å². The highest BCUT2D eigenvalue weighted by molar-refractivity contribution is 6.21. The van der Waals surface area contributed by atoms with Crippen molar-refractivity contribution in [2.24, 2.45) is 5.92 Å². The van der Waals surface area contributed by atoms with Gasteiger partial charge in [-0.1, -0.05) is 23.8 Å². The Labute approximate surface area is 91.3 Å². The van der Waals surface area contributed by atoms with Gasteiger partial charge in [0.25, 0.3) is 0 Å². The van der Waals surface area contributed by atoms with Crippen LogP contribution in [0.25, 0.3) is 0 Å².